The minimum Gasteiger partial charge on any atom is -0.494 e. The van der Waals surface area contributed by atoms with Crippen LogP contribution in [0, 0.1) is 0 Å². The molecule has 1 amide bonds. The maximum atomic E-state index is 12.7. The summed E-state index contributed by atoms with van der Waals surface area (Å²) >= 11 is 1.91. The number of nitrogens with two attached hydrogens (primary N) is 1. The van der Waals surface area contributed by atoms with Gasteiger partial charge in [-0.3, -0.25) is 4.79 Å². The highest BCUT2D eigenvalue weighted by atomic mass is 32.2. The Morgan fingerprint density at radius 2 is 2.21 bits per heavy atom. The van der Waals surface area contributed by atoms with Gasteiger partial charge in [0.2, 0.25) is 0 Å². The Balaban J connectivity index is 2.31. The summed E-state index contributed by atoms with van der Waals surface area (Å²) in [6, 6.07) is 5.53. The summed E-state index contributed by atoms with van der Waals surface area (Å²) in [5.41, 5.74) is 6.91. The largest absolute Gasteiger partial charge is 0.494 e. The summed E-state index contributed by atoms with van der Waals surface area (Å²) in [6.07, 6.45) is 0. The van der Waals surface area contributed by atoms with Gasteiger partial charge >= 0.3 is 0 Å². The number of rotatable bonds is 2. The summed E-state index contributed by atoms with van der Waals surface area (Å²) in [5, 5.41) is 0.449. The average Bonchev–Trinajstić information content (AvgIpc) is 2.41. The van der Waals surface area contributed by atoms with E-state index in [2.05, 4.69) is 13.8 Å². The van der Waals surface area contributed by atoms with Crippen LogP contribution in [0.5, 0.6) is 5.75 Å². The molecule has 0 spiro atoms. The van der Waals surface area contributed by atoms with Gasteiger partial charge in [0.15, 0.2) is 5.75 Å². The van der Waals surface area contributed by atoms with E-state index in [1.54, 1.807) is 25.3 Å². The number of hydrogen-bond donors (Lipinski definition) is 1. The van der Waals surface area contributed by atoms with Crippen molar-refractivity contribution in [2.75, 3.05) is 25.1 Å². The smallest absolute Gasteiger partial charge is 0.258 e. The number of amides is 1. The van der Waals surface area contributed by atoms with Gasteiger partial charge in [-0.05, 0) is 19.1 Å². The van der Waals surface area contributed by atoms with Gasteiger partial charge in [-0.25, -0.2) is 0 Å². The molecular weight excluding hydrogens is 260 g/mol. The molecule has 2 unspecified atom stereocenters. The molecule has 2 rings (SSSR count). The predicted octanol–water partition coefficient (Wildman–Crippen LogP) is 2.24. The zero-order chi connectivity index (χ0) is 14.0. The second kappa shape index (κ2) is 5.74. The van der Waals surface area contributed by atoms with Gasteiger partial charge < -0.3 is 15.4 Å². The number of benzene rings is 1. The molecule has 1 fully saturated rings. The van der Waals surface area contributed by atoms with Gasteiger partial charge in [0, 0.05) is 23.6 Å². The average molecular weight is 280 g/mol. The fourth-order valence-electron chi connectivity index (χ4n) is 2.33. The molecule has 2 atom stereocenters. The lowest BCUT2D eigenvalue weighted by Gasteiger charge is -2.37. The van der Waals surface area contributed by atoms with Gasteiger partial charge in [-0.15, -0.1) is 0 Å². The summed E-state index contributed by atoms with van der Waals surface area (Å²) in [4.78, 5) is 14.6. The van der Waals surface area contributed by atoms with E-state index in [0.717, 1.165) is 12.3 Å². The summed E-state index contributed by atoms with van der Waals surface area (Å²) in [6.45, 7) is 5.02. The van der Waals surface area contributed by atoms with Crippen LogP contribution in [0.1, 0.15) is 24.2 Å². The highest BCUT2D eigenvalue weighted by molar-refractivity contribution is 8.00. The van der Waals surface area contributed by atoms with Gasteiger partial charge in [-0.1, -0.05) is 13.0 Å². The molecule has 0 saturated carbocycles. The maximum Gasteiger partial charge on any atom is 0.258 e. The monoisotopic (exact) mass is 280 g/mol. The van der Waals surface area contributed by atoms with Crippen molar-refractivity contribution in [3.8, 4) is 5.75 Å². The Morgan fingerprint density at radius 3 is 2.89 bits per heavy atom. The summed E-state index contributed by atoms with van der Waals surface area (Å²) < 4.78 is 5.27. The first-order chi connectivity index (χ1) is 9.06. The molecule has 1 aliphatic rings. The predicted molar refractivity (Wildman–Crippen MR) is 79.8 cm³/mol. The van der Waals surface area contributed by atoms with Crippen LogP contribution in [0.2, 0.25) is 0 Å². The van der Waals surface area contributed by atoms with E-state index >= 15 is 0 Å². The van der Waals surface area contributed by atoms with Crippen molar-refractivity contribution < 1.29 is 9.53 Å². The summed E-state index contributed by atoms with van der Waals surface area (Å²) in [7, 11) is 1.54. The number of anilines is 1. The third-order valence-corrected chi connectivity index (χ3v) is 4.96. The Bertz CT molecular complexity index is 479. The minimum atomic E-state index is 0.00352. The molecular formula is C14H20N2O2S. The highest BCUT2D eigenvalue weighted by Crippen LogP contribution is 2.30. The Labute approximate surface area is 118 Å². The maximum absolute atomic E-state index is 12.7. The second-order valence-corrected chi connectivity index (χ2v) is 6.23. The molecule has 1 heterocycles. The molecule has 0 bridgehead atoms. The molecule has 1 aromatic carbocycles. The van der Waals surface area contributed by atoms with Crippen LogP contribution in [0.25, 0.3) is 0 Å². The Morgan fingerprint density at radius 1 is 1.47 bits per heavy atom. The number of ether oxygens (including phenoxy) is 1. The fourth-order valence-corrected chi connectivity index (χ4v) is 3.42. The van der Waals surface area contributed by atoms with Crippen LogP contribution < -0.4 is 10.5 Å². The first-order valence-corrected chi connectivity index (χ1v) is 7.46. The number of nitrogen functional groups attached to an aromatic ring is 1. The number of thioether (sulfide) groups is 1. The van der Waals surface area contributed by atoms with E-state index in [0.29, 0.717) is 22.3 Å². The van der Waals surface area contributed by atoms with Crippen LogP contribution in [-0.2, 0) is 0 Å². The number of hydrogen-bond acceptors (Lipinski definition) is 4. The van der Waals surface area contributed by atoms with Gasteiger partial charge in [0.05, 0.1) is 18.4 Å². The number of para-hydroxylation sites is 1. The van der Waals surface area contributed by atoms with E-state index in [1.807, 2.05) is 16.7 Å². The van der Waals surface area contributed by atoms with Crippen molar-refractivity contribution in [3.05, 3.63) is 23.8 Å². The SMILES string of the molecule is COc1c(N)cccc1C(=O)N1CCSC(C)C1C. The molecule has 0 aromatic heterocycles. The Hall–Kier alpha value is -1.36. The molecule has 1 saturated heterocycles. The second-order valence-electron chi connectivity index (χ2n) is 4.74. The van der Waals surface area contributed by atoms with Crippen LogP contribution >= 0.6 is 11.8 Å². The highest BCUT2D eigenvalue weighted by Gasteiger charge is 2.31. The molecule has 4 nitrogen and oxygen atoms in total. The van der Waals surface area contributed by atoms with E-state index in [4.69, 9.17) is 10.5 Å². The van der Waals surface area contributed by atoms with Crippen LogP contribution in [-0.4, -0.2) is 41.5 Å². The van der Waals surface area contributed by atoms with Gasteiger partial charge in [-0.2, -0.15) is 11.8 Å². The minimum absolute atomic E-state index is 0.00352. The fraction of sp³-hybridized carbons (Fsp3) is 0.500. The van der Waals surface area contributed by atoms with Crippen molar-refractivity contribution >= 4 is 23.4 Å². The van der Waals surface area contributed by atoms with Gasteiger partial charge in [0.1, 0.15) is 0 Å². The molecule has 104 valence electrons. The normalized spacial score (nSPS) is 23.2. The van der Waals surface area contributed by atoms with E-state index in [1.165, 1.54) is 0 Å². The number of carbonyl (C=O) groups is 1. The molecule has 5 heteroatoms. The molecule has 1 aromatic rings. The van der Waals surface area contributed by atoms with Crippen molar-refractivity contribution in [2.45, 2.75) is 25.1 Å². The first-order valence-electron chi connectivity index (χ1n) is 6.41. The lowest BCUT2D eigenvalue weighted by Crippen LogP contribution is -2.48. The third kappa shape index (κ3) is 2.66. The lowest BCUT2D eigenvalue weighted by molar-refractivity contribution is 0.0695. The first kappa shape index (κ1) is 14.1. The van der Waals surface area contributed by atoms with Crippen molar-refractivity contribution in [2.24, 2.45) is 0 Å². The summed E-state index contributed by atoms with van der Waals surface area (Å²) in [5.74, 6) is 1.45. The Kier molecular flexibility index (Phi) is 4.24. The third-order valence-electron chi connectivity index (χ3n) is 3.62. The molecule has 0 aliphatic carbocycles. The molecule has 2 N–H and O–H groups in total. The topological polar surface area (TPSA) is 55.6 Å². The molecule has 0 radical (unpaired) electrons. The number of methoxy groups -OCH3 is 1. The van der Waals surface area contributed by atoms with E-state index < -0.39 is 0 Å². The number of carbonyl (C=O) groups excluding carboxylic acids is 1. The number of nitrogens with zero attached hydrogens (tertiary/aromatic N) is 1. The zero-order valence-corrected chi connectivity index (χ0v) is 12.4. The molecule has 19 heavy (non-hydrogen) atoms. The van der Waals surface area contributed by atoms with Crippen molar-refractivity contribution in [1.82, 2.24) is 4.90 Å². The molecule has 1 aliphatic heterocycles. The van der Waals surface area contributed by atoms with Crippen molar-refractivity contribution in [1.29, 1.82) is 0 Å². The van der Waals surface area contributed by atoms with E-state index in [9.17, 15) is 4.79 Å². The van der Waals surface area contributed by atoms with Gasteiger partial charge in [0.25, 0.3) is 5.91 Å². The van der Waals surface area contributed by atoms with Crippen LogP contribution in [0.15, 0.2) is 18.2 Å². The van der Waals surface area contributed by atoms with Crippen molar-refractivity contribution in [3.63, 3.8) is 0 Å². The standard InChI is InChI=1S/C14H20N2O2S/c1-9-10(2)19-8-7-16(9)14(17)11-5-4-6-12(15)13(11)18-3/h4-6,9-10H,7-8,15H2,1-3H3. The van der Waals surface area contributed by atoms with E-state index in [-0.39, 0.29) is 11.9 Å². The zero-order valence-electron chi connectivity index (χ0n) is 11.6. The quantitative estimate of drug-likeness (QED) is 0.844. The lowest BCUT2D eigenvalue weighted by atomic mass is 10.1. The van der Waals surface area contributed by atoms with Crippen LogP contribution in [0.4, 0.5) is 5.69 Å². The van der Waals surface area contributed by atoms with Crippen LogP contribution in [0.3, 0.4) is 0 Å².